The van der Waals surface area contributed by atoms with E-state index in [0.717, 1.165) is 55.8 Å². The van der Waals surface area contributed by atoms with E-state index in [9.17, 15) is 9.50 Å². The van der Waals surface area contributed by atoms with Gasteiger partial charge in [0.25, 0.3) is 0 Å². The lowest BCUT2D eigenvalue weighted by molar-refractivity contribution is 0.0284. The molecule has 4 nitrogen and oxygen atoms in total. The number of halogens is 1. The Morgan fingerprint density at radius 3 is 2.59 bits per heavy atom. The van der Waals surface area contributed by atoms with Crippen LogP contribution in [0, 0.1) is 11.2 Å². The Morgan fingerprint density at radius 1 is 1.07 bits per heavy atom. The molecule has 1 fully saturated rings. The van der Waals surface area contributed by atoms with Crippen LogP contribution in [0.3, 0.4) is 0 Å². The highest BCUT2D eigenvalue weighted by Gasteiger charge is 2.35. The number of likely N-dealkylation sites (tertiary alicyclic amines) is 1. The summed E-state index contributed by atoms with van der Waals surface area (Å²) in [5.41, 5.74) is 1.93. The number of aliphatic hydroxyl groups is 2. The SMILES string of the molecule is OCCOc1ccccc1CN1CCCC(CO)(Cc2ccc(F)cc2)C1. The number of hydrogen-bond acceptors (Lipinski definition) is 4. The second-order valence-corrected chi connectivity index (χ2v) is 7.46. The topological polar surface area (TPSA) is 52.9 Å². The van der Waals surface area contributed by atoms with Gasteiger partial charge >= 0.3 is 0 Å². The molecule has 3 rings (SSSR count). The molecule has 2 aromatic carbocycles. The van der Waals surface area contributed by atoms with Gasteiger partial charge in [-0.15, -0.1) is 0 Å². The van der Waals surface area contributed by atoms with Gasteiger partial charge in [-0.1, -0.05) is 30.3 Å². The van der Waals surface area contributed by atoms with Gasteiger partial charge in [0.05, 0.1) is 13.2 Å². The quantitative estimate of drug-likeness (QED) is 0.747. The summed E-state index contributed by atoms with van der Waals surface area (Å²) in [6.07, 6.45) is 2.71. The molecule has 0 saturated carbocycles. The summed E-state index contributed by atoms with van der Waals surface area (Å²) in [4.78, 5) is 2.35. The molecule has 5 heteroatoms. The molecule has 2 N–H and O–H groups in total. The number of rotatable bonds is 8. The van der Waals surface area contributed by atoms with Gasteiger partial charge in [-0.2, -0.15) is 0 Å². The van der Waals surface area contributed by atoms with Gasteiger partial charge in [0.1, 0.15) is 18.2 Å². The van der Waals surface area contributed by atoms with E-state index in [1.54, 1.807) is 0 Å². The lowest BCUT2D eigenvalue weighted by atomic mass is 9.75. The summed E-state index contributed by atoms with van der Waals surface area (Å²) >= 11 is 0. The first kappa shape index (κ1) is 19.8. The van der Waals surface area contributed by atoms with Crippen LogP contribution in [-0.2, 0) is 13.0 Å². The van der Waals surface area contributed by atoms with E-state index >= 15 is 0 Å². The Morgan fingerprint density at radius 2 is 1.85 bits per heavy atom. The second-order valence-electron chi connectivity index (χ2n) is 7.46. The molecule has 2 aromatic rings. The molecule has 0 aromatic heterocycles. The van der Waals surface area contributed by atoms with Gasteiger partial charge in [-0.25, -0.2) is 4.39 Å². The van der Waals surface area contributed by atoms with Crippen LogP contribution >= 0.6 is 0 Å². The van der Waals surface area contributed by atoms with E-state index in [2.05, 4.69) is 4.90 Å². The number of ether oxygens (including phenoxy) is 1. The molecule has 1 saturated heterocycles. The molecule has 0 bridgehead atoms. The van der Waals surface area contributed by atoms with Gasteiger partial charge in [0.2, 0.25) is 0 Å². The van der Waals surface area contributed by atoms with Gasteiger partial charge in [0.15, 0.2) is 0 Å². The van der Waals surface area contributed by atoms with Crippen molar-refractivity contribution in [2.75, 3.05) is 32.9 Å². The highest BCUT2D eigenvalue weighted by molar-refractivity contribution is 5.33. The van der Waals surface area contributed by atoms with Crippen molar-refractivity contribution in [3.63, 3.8) is 0 Å². The number of piperidine rings is 1. The fourth-order valence-electron chi connectivity index (χ4n) is 3.98. The van der Waals surface area contributed by atoms with E-state index in [1.165, 1.54) is 12.1 Å². The minimum absolute atomic E-state index is 0.0106. The maximum absolute atomic E-state index is 13.2. The first-order valence-corrected chi connectivity index (χ1v) is 9.53. The summed E-state index contributed by atoms with van der Waals surface area (Å²) in [6.45, 7) is 2.89. The number of para-hydroxylation sites is 1. The van der Waals surface area contributed by atoms with Crippen molar-refractivity contribution in [2.24, 2.45) is 5.41 Å². The third kappa shape index (κ3) is 5.28. The normalized spacial score (nSPS) is 20.6. The van der Waals surface area contributed by atoms with Crippen molar-refractivity contribution in [2.45, 2.75) is 25.8 Å². The maximum atomic E-state index is 13.2. The predicted octanol–water partition coefficient (Wildman–Crippen LogP) is 3.01. The van der Waals surface area contributed by atoms with Crippen LogP contribution in [0.25, 0.3) is 0 Å². The molecule has 0 spiro atoms. The molecule has 1 aliphatic heterocycles. The molecule has 1 atom stereocenters. The third-order valence-electron chi connectivity index (χ3n) is 5.28. The molecule has 0 amide bonds. The van der Waals surface area contributed by atoms with Gasteiger partial charge in [0, 0.05) is 24.1 Å². The molecular weight excluding hydrogens is 345 g/mol. The van der Waals surface area contributed by atoms with Crippen LogP contribution in [0.1, 0.15) is 24.0 Å². The molecule has 146 valence electrons. The zero-order valence-corrected chi connectivity index (χ0v) is 15.6. The summed E-state index contributed by atoms with van der Waals surface area (Å²) in [6, 6.07) is 14.5. The van der Waals surface area contributed by atoms with E-state index in [4.69, 9.17) is 9.84 Å². The zero-order chi connectivity index (χ0) is 19.1. The molecule has 0 aliphatic carbocycles. The Kier molecular flexibility index (Phi) is 6.83. The van der Waals surface area contributed by atoms with Crippen LogP contribution < -0.4 is 4.74 Å². The lowest BCUT2D eigenvalue weighted by Crippen LogP contribution is -2.46. The minimum atomic E-state index is -0.235. The number of benzene rings is 2. The van der Waals surface area contributed by atoms with Crippen molar-refractivity contribution in [3.05, 3.63) is 65.5 Å². The smallest absolute Gasteiger partial charge is 0.123 e. The van der Waals surface area contributed by atoms with Crippen LogP contribution in [0.5, 0.6) is 5.75 Å². The molecule has 1 heterocycles. The van der Waals surface area contributed by atoms with E-state index in [-0.39, 0.29) is 31.1 Å². The first-order chi connectivity index (χ1) is 13.1. The fraction of sp³-hybridized carbons (Fsp3) is 0.455. The van der Waals surface area contributed by atoms with Crippen LogP contribution in [0.15, 0.2) is 48.5 Å². The molecule has 0 radical (unpaired) electrons. The van der Waals surface area contributed by atoms with Gasteiger partial charge in [-0.3, -0.25) is 4.90 Å². The van der Waals surface area contributed by atoms with E-state index in [0.29, 0.717) is 0 Å². The standard InChI is InChI=1S/C22H28FNO3/c23-20-8-6-18(7-9-20)14-22(17-26)10-3-11-24(16-22)15-19-4-1-2-5-21(19)27-13-12-25/h1-2,4-9,25-26H,3,10-17H2. The van der Waals surface area contributed by atoms with Gasteiger partial charge in [-0.05, 0) is 49.6 Å². The average molecular weight is 373 g/mol. The predicted molar refractivity (Wildman–Crippen MR) is 103 cm³/mol. The molecule has 1 aliphatic rings. The summed E-state index contributed by atoms with van der Waals surface area (Å²) < 4.78 is 18.8. The number of hydrogen-bond donors (Lipinski definition) is 2. The Balaban J connectivity index is 1.70. The number of aliphatic hydroxyl groups excluding tert-OH is 2. The average Bonchev–Trinajstić information content (AvgIpc) is 2.69. The Labute approximate surface area is 160 Å². The zero-order valence-electron chi connectivity index (χ0n) is 15.6. The second kappa shape index (κ2) is 9.31. The highest BCUT2D eigenvalue weighted by Crippen LogP contribution is 2.34. The largest absolute Gasteiger partial charge is 0.491 e. The fourth-order valence-corrected chi connectivity index (χ4v) is 3.98. The summed E-state index contributed by atoms with van der Waals surface area (Å²) in [5.74, 6) is 0.562. The monoisotopic (exact) mass is 373 g/mol. The maximum Gasteiger partial charge on any atom is 0.123 e. The van der Waals surface area contributed by atoms with E-state index in [1.807, 2.05) is 36.4 Å². The van der Waals surface area contributed by atoms with Crippen molar-refractivity contribution in [1.82, 2.24) is 4.90 Å². The van der Waals surface area contributed by atoms with Crippen LogP contribution in [0.4, 0.5) is 4.39 Å². The Bertz CT molecular complexity index is 722. The van der Waals surface area contributed by atoms with Crippen molar-refractivity contribution in [3.8, 4) is 5.75 Å². The minimum Gasteiger partial charge on any atom is -0.491 e. The molecule has 1 unspecified atom stereocenters. The lowest BCUT2D eigenvalue weighted by Gasteiger charge is -2.42. The van der Waals surface area contributed by atoms with Gasteiger partial charge < -0.3 is 14.9 Å². The summed E-state index contributed by atoms with van der Waals surface area (Å²) in [5, 5.41) is 19.2. The first-order valence-electron chi connectivity index (χ1n) is 9.53. The molecular formula is C22H28FNO3. The van der Waals surface area contributed by atoms with Crippen molar-refractivity contribution >= 4 is 0 Å². The Hall–Kier alpha value is -1.95. The van der Waals surface area contributed by atoms with Crippen LogP contribution in [-0.4, -0.2) is 48.0 Å². The third-order valence-corrected chi connectivity index (χ3v) is 5.28. The number of nitrogens with zero attached hydrogens (tertiary/aromatic N) is 1. The van der Waals surface area contributed by atoms with Crippen LogP contribution in [0.2, 0.25) is 0 Å². The van der Waals surface area contributed by atoms with Crippen molar-refractivity contribution in [1.29, 1.82) is 0 Å². The molecule has 27 heavy (non-hydrogen) atoms. The van der Waals surface area contributed by atoms with E-state index < -0.39 is 0 Å². The summed E-state index contributed by atoms with van der Waals surface area (Å²) in [7, 11) is 0. The van der Waals surface area contributed by atoms with Crippen molar-refractivity contribution < 1.29 is 19.3 Å². The highest BCUT2D eigenvalue weighted by atomic mass is 19.1.